The van der Waals surface area contributed by atoms with Gasteiger partial charge in [0.15, 0.2) is 0 Å². The molecule has 2 aromatic carbocycles. The van der Waals surface area contributed by atoms with Crippen molar-refractivity contribution >= 4 is 22.6 Å². The highest BCUT2D eigenvalue weighted by molar-refractivity contribution is 6.08. The van der Waals surface area contributed by atoms with Crippen LogP contribution >= 0.6 is 0 Å². The largest absolute Gasteiger partial charge is 0.462 e. The van der Waals surface area contributed by atoms with E-state index in [-0.39, 0.29) is 5.97 Å². The van der Waals surface area contributed by atoms with Gasteiger partial charge in [-0.15, -0.1) is 0 Å². The Balaban J connectivity index is 2.19. The summed E-state index contributed by atoms with van der Waals surface area (Å²) < 4.78 is 11.7. The van der Waals surface area contributed by atoms with Crippen LogP contribution in [0.2, 0.25) is 0 Å². The lowest BCUT2D eigenvalue weighted by atomic mass is 9.89. The van der Waals surface area contributed by atoms with E-state index < -0.39 is 0 Å². The second kappa shape index (κ2) is 8.26. The number of fused-ring (bicyclic) bond motifs is 2. The van der Waals surface area contributed by atoms with Gasteiger partial charge in [0.05, 0.1) is 17.5 Å². The zero-order valence-corrected chi connectivity index (χ0v) is 18.5. The first-order valence-corrected chi connectivity index (χ1v) is 10.4. The standard InChI is InChI=1S/C26H26N2O3/c1-6-30-26(29)18-10-8-7-9-17(18)25-19-11-15(2)21(27-4)13-23(19)31-24-14-22(28-5)16(3)12-20(24)25/h7-14,27H,6H2,1-5H3. The molecule has 0 fully saturated rings. The van der Waals surface area contributed by atoms with Gasteiger partial charge in [0.1, 0.15) is 11.3 Å². The second-order valence-electron chi connectivity index (χ2n) is 7.51. The summed E-state index contributed by atoms with van der Waals surface area (Å²) in [6, 6.07) is 15.7. The third-order valence-electron chi connectivity index (χ3n) is 5.59. The van der Waals surface area contributed by atoms with E-state index in [1.807, 2.05) is 57.3 Å². The minimum Gasteiger partial charge on any atom is -0.462 e. The zero-order chi connectivity index (χ0) is 22.1. The van der Waals surface area contributed by atoms with Crippen LogP contribution in [-0.2, 0) is 4.74 Å². The summed E-state index contributed by atoms with van der Waals surface area (Å²) in [4.78, 5) is 17.1. The Hall–Kier alpha value is -3.60. The van der Waals surface area contributed by atoms with E-state index in [1.165, 1.54) is 0 Å². The highest BCUT2D eigenvalue weighted by atomic mass is 16.5. The Morgan fingerprint density at radius 3 is 2.55 bits per heavy atom. The Labute approximate surface area is 181 Å². The molecule has 1 heterocycles. The van der Waals surface area contributed by atoms with Crippen molar-refractivity contribution < 1.29 is 13.9 Å². The van der Waals surface area contributed by atoms with Crippen molar-refractivity contribution in [2.24, 2.45) is 4.99 Å². The van der Waals surface area contributed by atoms with Gasteiger partial charge < -0.3 is 14.5 Å². The molecule has 0 unspecified atom stereocenters. The SMILES string of the molecule is CCOC(=O)c1ccccc1-c1c2cc(C)c(=NC)cc-2oc2cc(NC)c(C)cc12. The number of nitrogens with one attached hydrogen (secondary N) is 1. The summed E-state index contributed by atoms with van der Waals surface area (Å²) in [6.45, 7) is 6.22. The lowest BCUT2D eigenvalue weighted by molar-refractivity contribution is 0.0527. The van der Waals surface area contributed by atoms with Crippen LogP contribution in [0.25, 0.3) is 33.4 Å². The van der Waals surface area contributed by atoms with Gasteiger partial charge in [-0.05, 0) is 55.7 Å². The van der Waals surface area contributed by atoms with Crippen molar-refractivity contribution in [3.63, 3.8) is 0 Å². The van der Waals surface area contributed by atoms with Gasteiger partial charge in [-0.3, -0.25) is 4.99 Å². The molecule has 0 aromatic heterocycles. The quantitative estimate of drug-likeness (QED) is 0.350. The van der Waals surface area contributed by atoms with Crippen LogP contribution in [0.4, 0.5) is 5.69 Å². The van der Waals surface area contributed by atoms with Crippen LogP contribution < -0.4 is 10.7 Å². The van der Waals surface area contributed by atoms with Gasteiger partial charge in [0, 0.05) is 48.4 Å². The minimum absolute atomic E-state index is 0.323. The molecule has 5 heteroatoms. The molecular weight excluding hydrogens is 388 g/mol. The van der Waals surface area contributed by atoms with Crippen molar-refractivity contribution in [1.29, 1.82) is 0 Å². The van der Waals surface area contributed by atoms with E-state index >= 15 is 0 Å². The molecule has 0 saturated heterocycles. The van der Waals surface area contributed by atoms with Gasteiger partial charge in [-0.25, -0.2) is 4.79 Å². The second-order valence-corrected chi connectivity index (χ2v) is 7.51. The molecule has 0 radical (unpaired) electrons. The van der Waals surface area contributed by atoms with Gasteiger partial charge in [-0.1, -0.05) is 18.2 Å². The molecular formula is C26H26N2O3. The maximum Gasteiger partial charge on any atom is 0.338 e. The average Bonchev–Trinajstić information content (AvgIpc) is 2.77. The van der Waals surface area contributed by atoms with Crippen LogP contribution in [0.1, 0.15) is 28.4 Å². The van der Waals surface area contributed by atoms with Crippen LogP contribution in [0.3, 0.4) is 0 Å². The number of carbonyl (C=O) groups excluding carboxylic acids is 1. The molecule has 0 spiro atoms. The van der Waals surface area contributed by atoms with Gasteiger partial charge in [-0.2, -0.15) is 0 Å². The Kier molecular flexibility index (Phi) is 5.51. The molecule has 2 aliphatic rings. The first-order chi connectivity index (χ1) is 15.0. The van der Waals surface area contributed by atoms with Gasteiger partial charge >= 0.3 is 5.97 Å². The molecule has 4 rings (SSSR count). The van der Waals surface area contributed by atoms with Gasteiger partial charge in [0.25, 0.3) is 0 Å². The number of esters is 1. The third kappa shape index (κ3) is 3.56. The normalized spacial score (nSPS) is 11.8. The van der Waals surface area contributed by atoms with Crippen molar-refractivity contribution in [2.75, 3.05) is 26.0 Å². The van der Waals surface area contributed by atoms with Crippen molar-refractivity contribution in [2.45, 2.75) is 20.8 Å². The van der Waals surface area contributed by atoms with Gasteiger partial charge in [0.2, 0.25) is 0 Å². The van der Waals surface area contributed by atoms with E-state index in [4.69, 9.17) is 9.15 Å². The highest BCUT2D eigenvalue weighted by Gasteiger charge is 2.23. The molecule has 0 saturated carbocycles. The number of benzene rings is 3. The molecule has 5 nitrogen and oxygen atoms in total. The topological polar surface area (TPSA) is 63.8 Å². The minimum atomic E-state index is -0.333. The molecule has 158 valence electrons. The molecule has 1 aliphatic heterocycles. The summed E-state index contributed by atoms with van der Waals surface area (Å²) in [6.07, 6.45) is 0. The van der Waals surface area contributed by atoms with Crippen molar-refractivity contribution in [3.05, 3.63) is 70.6 Å². The highest BCUT2D eigenvalue weighted by Crippen LogP contribution is 2.42. The van der Waals surface area contributed by atoms with E-state index in [0.29, 0.717) is 12.2 Å². The summed E-state index contributed by atoms with van der Waals surface area (Å²) in [5.41, 5.74) is 7.12. The monoisotopic (exact) mass is 414 g/mol. The number of aryl methyl sites for hydroxylation is 2. The molecule has 1 N–H and O–H groups in total. The third-order valence-corrected chi connectivity index (χ3v) is 5.59. The Morgan fingerprint density at radius 1 is 1.06 bits per heavy atom. The van der Waals surface area contributed by atoms with E-state index in [1.54, 1.807) is 7.05 Å². The molecule has 1 aliphatic carbocycles. The first kappa shape index (κ1) is 20.7. The van der Waals surface area contributed by atoms with Crippen LogP contribution in [-0.4, -0.2) is 26.7 Å². The van der Waals surface area contributed by atoms with Crippen molar-refractivity contribution in [3.8, 4) is 22.5 Å². The number of hydrogen-bond donors (Lipinski definition) is 1. The molecule has 0 amide bonds. The van der Waals surface area contributed by atoms with E-state index in [2.05, 4.69) is 29.4 Å². The maximum atomic E-state index is 12.8. The lowest BCUT2D eigenvalue weighted by Crippen LogP contribution is -2.09. The first-order valence-electron chi connectivity index (χ1n) is 10.4. The zero-order valence-electron chi connectivity index (χ0n) is 18.5. The molecule has 0 atom stereocenters. The Bertz CT molecular complexity index is 1330. The number of nitrogens with zero attached hydrogens (tertiary/aromatic N) is 1. The number of anilines is 1. The number of rotatable bonds is 4. The van der Waals surface area contributed by atoms with Crippen LogP contribution in [0, 0.1) is 13.8 Å². The number of carbonyl (C=O) groups is 1. The smallest absolute Gasteiger partial charge is 0.338 e. The summed E-state index contributed by atoms with van der Waals surface area (Å²) in [5.74, 6) is 0.388. The van der Waals surface area contributed by atoms with Crippen LogP contribution in [0.5, 0.6) is 0 Å². The molecule has 2 aromatic rings. The summed E-state index contributed by atoms with van der Waals surface area (Å²) in [7, 11) is 3.66. The fourth-order valence-corrected chi connectivity index (χ4v) is 4.08. The van der Waals surface area contributed by atoms with Crippen molar-refractivity contribution in [1.82, 2.24) is 0 Å². The van der Waals surface area contributed by atoms with E-state index in [0.717, 1.165) is 55.6 Å². The fourth-order valence-electron chi connectivity index (χ4n) is 4.08. The Morgan fingerprint density at radius 2 is 1.84 bits per heavy atom. The fraction of sp³-hybridized carbons (Fsp3) is 0.231. The molecule has 0 bridgehead atoms. The summed E-state index contributed by atoms with van der Waals surface area (Å²) >= 11 is 0. The number of hydrogen-bond acceptors (Lipinski definition) is 5. The predicted octanol–water partition coefficient (Wildman–Crippen LogP) is 5.57. The predicted molar refractivity (Wildman–Crippen MR) is 125 cm³/mol. The average molecular weight is 415 g/mol. The molecule has 31 heavy (non-hydrogen) atoms. The van der Waals surface area contributed by atoms with E-state index in [9.17, 15) is 4.79 Å². The lowest BCUT2D eigenvalue weighted by Gasteiger charge is -2.19. The summed E-state index contributed by atoms with van der Waals surface area (Å²) in [5, 5.41) is 5.04. The maximum absolute atomic E-state index is 12.8. The van der Waals surface area contributed by atoms with Crippen LogP contribution in [0.15, 0.2) is 57.9 Å². The number of ether oxygens (including phenoxy) is 1.